The Morgan fingerprint density at radius 1 is 0.846 bits per heavy atom. The summed E-state index contributed by atoms with van der Waals surface area (Å²) in [6, 6.07) is 0. The first-order valence-electron chi connectivity index (χ1n) is 5.99. The highest BCUT2D eigenvalue weighted by Gasteiger charge is 2.14. The second-order valence-electron chi connectivity index (χ2n) is 4.55. The second-order valence-corrected chi connectivity index (χ2v) is 4.55. The SMILES string of the molecule is CC(O)C1CCCCCCCCC1. The van der Waals surface area contributed by atoms with Gasteiger partial charge in [-0.2, -0.15) is 0 Å². The maximum atomic E-state index is 9.56. The van der Waals surface area contributed by atoms with Gasteiger partial charge in [0.15, 0.2) is 0 Å². The Balaban J connectivity index is 2.26. The van der Waals surface area contributed by atoms with Gasteiger partial charge in [0.2, 0.25) is 0 Å². The fourth-order valence-electron chi connectivity index (χ4n) is 2.32. The lowest BCUT2D eigenvalue weighted by Gasteiger charge is -2.20. The zero-order valence-corrected chi connectivity index (χ0v) is 8.97. The summed E-state index contributed by atoms with van der Waals surface area (Å²) < 4.78 is 0. The standard InChI is InChI=1S/C12H24O/c1-11(13)12-9-7-5-3-2-4-6-8-10-12/h11-13H,2-10H2,1H3. The molecule has 0 radical (unpaired) electrons. The zero-order chi connectivity index (χ0) is 9.52. The maximum Gasteiger partial charge on any atom is 0.0540 e. The van der Waals surface area contributed by atoms with Crippen molar-refractivity contribution in [2.75, 3.05) is 0 Å². The van der Waals surface area contributed by atoms with E-state index in [4.69, 9.17) is 0 Å². The van der Waals surface area contributed by atoms with E-state index in [9.17, 15) is 5.11 Å². The molecule has 0 aliphatic heterocycles. The third-order valence-corrected chi connectivity index (χ3v) is 3.33. The van der Waals surface area contributed by atoms with Crippen LogP contribution in [0.3, 0.4) is 0 Å². The van der Waals surface area contributed by atoms with Crippen LogP contribution in [0.2, 0.25) is 0 Å². The summed E-state index contributed by atoms with van der Waals surface area (Å²) in [6.07, 6.45) is 12.1. The fourth-order valence-corrected chi connectivity index (χ4v) is 2.32. The van der Waals surface area contributed by atoms with Crippen molar-refractivity contribution in [3.05, 3.63) is 0 Å². The Labute approximate surface area is 82.5 Å². The van der Waals surface area contributed by atoms with Crippen molar-refractivity contribution in [2.24, 2.45) is 5.92 Å². The van der Waals surface area contributed by atoms with Gasteiger partial charge in [-0.05, 0) is 25.7 Å². The van der Waals surface area contributed by atoms with Crippen molar-refractivity contribution in [3.63, 3.8) is 0 Å². The predicted molar refractivity (Wildman–Crippen MR) is 56.7 cm³/mol. The average Bonchev–Trinajstić information content (AvgIpc) is 2.14. The topological polar surface area (TPSA) is 20.2 Å². The van der Waals surface area contributed by atoms with Crippen LogP contribution in [0, 0.1) is 5.92 Å². The molecule has 0 spiro atoms. The van der Waals surface area contributed by atoms with Crippen LogP contribution >= 0.6 is 0 Å². The van der Waals surface area contributed by atoms with Crippen molar-refractivity contribution in [1.82, 2.24) is 0 Å². The summed E-state index contributed by atoms with van der Waals surface area (Å²) in [7, 11) is 0. The third kappa shape index (κ3) is 4.66. The summed E-state index contributed by atoms with van der Waals surface area (Å²) in [5.41, 5.74) is 0. The molecule has 1 N–H and O–H groups in total. The Morgan fingerprint density at radius 2 is 1.23 bits per heavy atom. The molecule has 0 bridgehead atoms. The highest BCUT2D eigenvalue weighted by molar-refractivity contribution is 4.66. The molecule has 1 rings (SSSR count). The van der Waals surface area contributed by atoms with Crippen LogP contribution in [0.1, 0.15) is 64.7 Å². The summed E-state index contributed by atoms with van der Waals surface area (Å²) in [4.78, 5) is 0. The Kier molecular flexibility index (Phi) is 5.45. The van der Waals surface area contributed by atoms with Gasteiger partial charge in [0.25, 0.3) is 0 Å². The molecule has 1 unspecified atom stereocenters. The number of hydrogen-bond donors (Lipinski definition) is 1. The quantitative estimate of drug-likeness (QED) is 0.661. The van der Waals surface area contributed by atoms with E-state index in [0.29, 0.717) is 5.92 Å². The highest BCUT2D eigenvalue weighted by Crippen LogP contribution is 2.23. The lowest BCUT2D eigenvalue weighted by Crippen LogP contribution is -2.17. The first-order chi connectivity index (χ1) is 6.30. The van der Waals surface area contributed by atoms with Gasteiger partial charge < -0.3 is 5.11 Å². The molecule has 1 saturated carbocycles. The minimum atomic E-state index is -0.0839. The van der Waals surface area contributed by atoms with Crippen LogP contribution in [-0.2, 0) is 0 Å². The normalized spacial score (nSPS) is 25.4. The Bertz CT molecular complexity index is 110. The maximum absolute atomic E-state index is 9.56. The van der Waals surface area contributed by atoms with Gasteiger partial charge in [-0.1, -0.05) is 44.9 Å². The van der Waals surface area contributed by atoms with Crippen molar-refractivity contribution in [3.8, 4) is 0 Å². The molecule has 78 valence electrons. The van der Waals surface area contributed by atoms with Gasteiger partial charge in [-0.25, -0.2) is 0 Å². The van der Waals surface area contributed by atoms with E-state index in [1.54, 1.807) is 0 Å². The molecular weight excluding hydrogens is 160 g/mol. The third-order valence-electron chi connectivity index (χ3n) is 3.33. The molecule has 0 heterocycles. The van der Waals surface area contributed by atoms with Crippen LogP contribution in [0.4, 0.5) is 0 Å². The predicted octanol–water partition coefficient (Wildman–Crippen LogP) is 3.51. The van der Waals surface area contributed by atoms with Gasteiger partial charge in [-0.15, -0.1) is 0 Å². The van der Waals surface area contributed by atoms with Crippen LogP contribution < -0.4 is 0 Å². The summed E-state index contributed by atoms with van der Waals surface area (Å²) in [5, 5.41) is 9.56. The van der Waals surface area contributed by atoms with E-state index in [0.717, 1.165) is 0 Å². The first kappa shape index (κ1) is 11.0. The molecule has 1 aliphatic carbocycles. The minimum absolute atomic E-state index is 0.0839. The molecule has 1 fully saturated rings. The van der Waals surface area contributed by atoms with E-state index in [1.807, 2.05) is 6.92 Å². The van der Waals surface area contributed by atoms with Gasteiger partial charge in [0, 0.05) is 0 Å². The first-order valence-corrected chi connectivity index (χ1v) is 5.99. The Hall–Kier alpha value is -0.0400. The zero-order valence-electron chi connectivity index (χ0n) is 8.97. The van der Waals surface area contributed by atoms with Gasteiger partial charge in [0.1, 0.15) is 0 Å². The fraction of sp³-hybridized carbons (Fsp3) is 1.00. The van der Waals surface area contributed by atoms with E-state index < -0.39 is 0 Å². The van der Waals surface area contributed by atoms with Crippen molar-refractivity contribution >= 4 is 0 Å². The Morgan fingerprint density at radius 3 is 1.62 bits per heavy atom. The van der Waals surface area contributed by atoms with Crippen LogP contribution in [-0.4, -0.2) is 11.2 Å². The van der Waals surface area contributed by atoms with Crippen molar-refractivity contribution < 1.29 is 5.11 Å². The lowest BCUT2D eigenvalue weighted by molar-refractivity contribution is 0.110. The van der Waals surface area contributed by atoms with E-state index in [1.165, 1.54) is 57.8 Å². The molecule has 0 aromatic heterocycles. The molecule has 0 aromatic carbocycles. The van der Waals surface area contributed by atoms with Gasteiger partial charge in [-0.3, -0.25) is 0 Å². The number of aliphatic hydroxyl groups is 1. The van der Waals surface area contributed by atoms with E-state index in [-0.39, 0.29) is 6.10 Å². The molecule has 0 saturated heterocycles. The average molecular weight is 184 g/mol. The number of hydrogen-bond acceptors (Lipinski definition) is 1. The summed E-state index contributed by atoms with van der Waals surface area (Å²) >= 11 is 0. The largest absolute Gasteiger partial charge is 0.393 e. The lowest BCUT2D eigenvalue weighted by atomic mass is 9.89. The number of rotatable bonds is 1. The summed E-state index contributed by atoms with van der Waals surface area (Å²) in [6.45, 7) is 1.95. The summed E-state index contributed by atoms with van der Waals surface area (Å²) in [5.74, 6) is 0.582. The molecule has 0 aromatic rings. The monoisotopic (exact) mass is 184 g/mol. The molecule has 1 nitrogen and oxygen atoms in total. The molecule has 1 atom stereocenters. The van der Waals surface area contributed by atoms with Crippen LogP contribution in [0.15, 0.2) is 0 Å². The van der Waals surface area contributed by atoms with E-state index >= 15 is 0 Å². The van der Waals surface area contributed by atoms with Crippen molar-refractivity contribution in [2.45, 2.75) is 70.8 Å². The van der Waals surface area contributed by atoms with Crippen molar-refractivity contribution in [1.29, 1.82) is 0 Å². The van der Waals surface area contributed by atoms with Crippen LogP contribution in [0.5, 0.6) is 0 Å². The minimum Gasteiger partial charge on any atom is -0.393 e. The molecular formula is C12H24O. The van der Waals surface area contributed by atoms with E-state index in [2.05, 4.69) is 0 Å². The molecule has 13 heavy (non-hydrogen) atoms. The highest BCUT2D eigenvalue weighted by atomic mass is 16.3. The second kappa shape index (κ2) is 6.42. The molecule has 1 aliphatic rings. The van der Waals surface area contributed by atoms with Gasteiger partial charge in [0.05, 0.1) is 6.10 Å². The molecule has 1 heteroatoms. The van der Waals surface area contributed by atoms with Crippen LogP contribution in [0.25, 0.3) is 0 Å². The number of aliphatic hydroxyl groups excluding tert-OH is 1. The van der Waals surface area contributed by atoms with Gasteiger partial charge >= 0.3 is 0 Å². The smallest absolute Gasteiger partial charge is 0.0540 e. The molecule has 0 amide bonds.